The van der Waals surface area contributed by atoms with Gasteiger partial charge in [0.05, 0.1) is 11.9 Å². The van der Waals surface area contributed by atoms with E-state index >= 15 is 0 Å². The maximum atomic E-state index is 11.1. The third kappa shape index (κ3) is 1.99. The lowest BCUT2D eigenvalue weighted by atomic mass is 10.3. The highest BCUT2D eigenvalue weighted by Crippen LogP contribution is 2.33. The second-order valence-corrected chi connectivity index (χ2v) is 4.53. The Labute approximate surface area is 86.1 Å². The standard InChI is InChI=1S/C9H9N2O3P/c12-15(13,14)9-6-7-10-11(9)8-4-2-1-3-5-8/h1-7H,(H2,12,13,14). The summed E-state index contributed by atoms with van der Waals surface area (Å²) >= 11 is 0. The molecular formula is C9H9N2O3P. The topological polar surface area (TPSA) is 75.3 Å². The summed E-state index contributed by atoms with van der Waals surface area (Å²) in [5.74, 6) is 0. The Kier molecular flexibility index (Phi) is 2.44. The van der Waals surface area contributed by atoms with Crippen molar-refractivity contribution in [1.29, 1.82) is 0 Å². The Morgan fingerprint density at radius 3 is 2.40 bits per heavy atom. The first-order valence-corrected chi connectivity index (χ1v) is 5.86. The van der Waals surface area contributed by atoms with E-state index in [4.69, 9.17) is 9.79 Å². The van der Waals surface area contributed by atoms with Crippen molar-refractivity contribution in [3.05, 3.63) is 42.6 Å². The van der Waals surface area contributed by atoms with Crippen LogP contribution in [0, 0.1) is 0 Å². The van der Waals surface area contributed by atoms with Crippen molar-refractivity contribution in [3.8, 4) is 5.69 Å². The van der Waals surface area contributed by atoms with Gasteiger partial charge in [-0.3, -0.25) is 4.57 Å². The third-order valence-corrected chi connectivity index (χ3v) is 2.86. The maximum absolute atomic E-state index is 11.1. The molecule has 78 valence electrons. The van der Waals surface area contributed by atoms with Crippen LogP contribution >= 0.6 is 7.60 Å². The fraction of sp³-hybridized carbons (Fsp3) is 0. The predicted octanol–water partition coefficient (Wildman–Crippen LogP) is 0.675. The van der Waals surface area contributed by atoms with Gasteiger partial charge in [-0.1, -0.05) is 18.2 Å². The van der Waals surface area contributed by atoms with Crippen molar-refractivity contribution in [2.75, 3.05) is 0 Å². The lowest BCUT2D eigenvalue weighted by Gasteiger charge is -2.07. The first-order chi connectivity index (χ1) is 7.09. The Morgan fingerprint density at radius 2 is 1.80 bits per heavy atom. The van der Waals surface area contributed by atoms with Crippen LogP contribution in [0.25, 0.3) is 5.69 Å². The van der Waals surface area contributed by atoms with Crippen molar-refractivity contribution < 1.29 is 14.4 Å². The summed E-state index contributed by atoms with van der Waals surface area (Å²) in [6.45, 7) is 0. The molecule has 0 atom stereocenters. The number of para-hydroxylation sites is 1. The molecule has 0 saturated carbocycles. The lowest BCUT2D eigenvalue weighted by molar-refractivity contribution is 0.385. The largest absolute Gasteiger partial charge is 0.374 e. The molecule has 1 aromatic heterocycles. The predicted molar refractivity (Wildman–Crippen MR) is 55.2 cm³/mol. The van der Waals surface area contributed by atoms with Crippen LogP contribution in [0.2, 0.25) is 0 Å². The zero-order valence-electron chi connectivity index (χ0n) is 7.69. The number of hydrogen-bond donors (Lipinski definition) is 2. The minimum atomic E-state index is -4.27. The fourth-order valence-electron chi connectivity index (χ4n) is 1.29. The summed E-state index contributed by atoms with van der Waals surface area (Å²) in [6, 6.07) is 10.1. The van der Waals surface area contributed by atoms with Gasteiger partial charge < -0.3 is 9.79 Å². The van der Waals surface area contributed by atoms with E-state index in [-0.39, 0.29) is 5.44 Å². The van der Waals surface area contributed by atoms with E-state index in [9.17, 15) is 4.57 Å². The number of aromatic nitrogens is 2. The van der Waals surface area contributed by atoms with Crippen LogP contribution in [0.4, 0.5) is 0 Å². The number of nitrogens with zero attached hydrogens (tertiary/aromatic N) is 2. The SMILES string of the molecule is O=P(O)(O)c1ccnn1-c1ccccc1. The summed E-state index contributed by atoms with van der Waals surface area (Å²) in [5.41, 5.74) is 0.523. The number of rotatable bonds is 2. The van der Waals surface area contributed by atoms with Gasteiger partial charge in [-0.15, -0.1) is 0 Å². The molecule has 0 radical (unpaired) electrons. The van der Waals surface area contributed by atoms with Gasteiger partial charge in [0, 0.05) is 0 Å². The summed E-state index contributed by atoms with van der Waals surface area (Å²) < 4.78 is 12.4. The minimum absolute atomic E-state index is 0.103. The molecule has 2 N–H and O–H groups in total. The van der Waals surface area contributed by atoms with Gasteiger partial charge in [-0.25, -0.2) is 4.68 Å². The number of hydrogen-bond acceptors (Lipinski definition) is 2. The monoisotopic (exact) mass is 224 g/mol. The van der Waals surface area contributed by atoms with Gasteiger partial charge in [0.2, 0.25) is 0 Å². The van der Waals surface area contributed by atoms with Crippen molar-refractivity contribution in [2.45, 2.75) is 0 Å². The summed E-state index contributed by atoms with van der Waals surface area (Å²) in [6.07, 6.45) is 1.36. The zero-order chi connectivity index (χ0) is 10.9. The smallest absolute Gasteiger partial charge is 0.320 e. The molecule has 0 bridgehead atoms. The van der Waals surface area contributed by atoms with Crippen LogP contribution in [0.3, 0.4) is 0 Å². The average Bonchev–Trinajstić information content (AvgIpc) is 2.67. The van der Waals surface area contributed by atoms with Crippen LogP contribution in [0.15, 0.2) is 42.6 Å². The molecule has 6 heteroatoms. The molecule has 0 aliphatic heterocycles. The first kappa shape index (κ1) is 10.1. The second kappa shape index (κ2) is 3.62. The van der Waals surface area contributed by atoms with E-state index in [2.05, 4.69) is 5.10 Å². The van der Waals surface area contributed by atoms with E-state index in [1.54, 1.807) is 24.3 Å². The quantitative estimate of drug-likeness (QED) is 0.735. The van der Waals surface area contributed by atoms with E-state index in [0.717, 1.165) is 0 Å². The molecule has 0 saturated heterocycles. The molecule has 0 fully saturated rings. The van der Waals surface area contributed by atoms with E-state index in [1.807, 2.05) is 6.07 Å². The van der Waals surface area contributed by atoms with Crippen LogP contribution in [0.5, 0.6) is 0 Å². The molecule has 0 spiro atoms. The molecule has 2 aromatic rings. The van der Waals surface area contributed by atoms with E-state index in [0.29, 0.717) is 5.69 Å². The van der Waals surface area contributed by atoms with Gasteiger partial charge in [-0.2, -0.15) is 5.10 Å². The van der Waals surface area contributed by atoms with Crippen molar-refractivity contribution in [3.63, 3.8) is 0 Å². The Balaban J connectivity index is 2.56. The summed E-state index contributed by atoms with van der Waals surface area (Å²) in [5, 5.41) is 3.88. The second-order valence-electron chi connectivity index (χ2n) is 2.98. The highest BCUT2D eigenvalue weighted by molar-refractivity contribution is 7.60. The van der Waals surface area contributed by atoms with Crippen LogP contribution in [0.1, 0.15) is 0 Å². The molecule has 0 amide bonds. The zero-order valence-corrected chi connectivity index (χ0v) is 8.58. The third-order valence-electron chi connectivity index (χ3n) is 1.92. The van der Waals surface area contributed by atoms with Gasteiger partial charge >= 0.3 is 7.60 Å². The first-order valence-electron chi connectivity index (χ1n) is 4.24. The van der Waals surface area contributed by atoms with Gasteiger partial charge in [-0.05, 0) is 18.2 Å². The molecule has 0 unspecified atom stereocenters. The Bertz CT molecular complexity index is 503. The molecule has 0 aliphatic carbocycles. The minimum Gasteiger partial charge on any atom is -0.320 e. The van der Waals surface area contributed by atoms with E-state index < -0.39 is 7.60 Å². The highest BCUT2D eigenvalue weighted by Gasteiger charge is 2.22. The van der Waals surface area contributed by atoms with E-state index in [1.165, 1.54) is 16.9 Å². The maximum Gasteiger partial charge on any atom is 0.374 e. The van der Waals surface area contributed by atoms with Crippen molar-refractivity contribution in [2.24, 2.45) is 0 Å². The van der Waals surface area contributed by atoms with Gasteiger partial charge in [0.15, 0.2) is 5.44 Å². The molecule has 5 nitrogen and oxygen atoms in total. The summed E-state index contributed by atoms with van der Waals surface area (Å²) in [4.78, 5) is 18.1. The Morgan fingerprint density at radius 1 is 1.13 bits per heavy atom. The molecule has 1 heterocycles. The number of benzene rings is 1. The molecule has 15 heavy (non-hydrogen) atoms. The molecular weight excluding hydrogens is 215 g/mol. The molecule has 1 aromatic carbocycles. The molecule has 2 rings (SSSR count). The highest BCUT2D eigenvalue weighted by atomic mass is 31.2. The van der Waals surface area contributed by atoms with Crippen LogP contribution < -0.4 is 5.44 Å². The van der Waals surface area contributed by atoms with Gasteiger partial charge in [0.25, 0.3) is 0 Å². The normalized spacial score (nSPS) is 11.6. The Hall–Kier alpha value is -1.42. The fourth-order valence-corrected chi connectivity index (χ4v) is 1.96. The average molecular weight is 224 g/mol. The van der Waals surface area contributed by atoms with Crippen LogP contribution in [-0.2, 0) is 4.57 Å². The molecule has 0 aliphatic rings. The summed E-state index contributed by atoms with van der Waals surface area (Å²) in [7, 11) is -4.27. The van der Waals surface area contributed by atoms with Crippen LogP contribution in [-0.4, -0.2) is 19.6 Å². The van der Waals surface area contributed by atoms with Gasteiger partial charge in [0.1, 0.15) is 0 Å². The lowest BCUT2D eigenvalue weighted by Crippen LogP contribution is -2.16. The van der Waals surface area contributed by atoms with Crippen molar-refractivity contribution >= 4 is 13.0 Å². The van der Waals surface area contributed by atoms with Crippen molar-refractivity contribution in [1.82, 2.24) is 9.78 Å².